The van der Waals surface area contributed by atoms with Gasteiger partial charge >= 0.3 is 0 Å². The molecule has 0 radical (unpaired) electrons. The first-order valence-electron chi connectivity index (χ1n) is 6.13. The van der Waals surface area contributed by atoms with E-state index in [4.69, 9.17) is 9.47 Å². The van der Waals surface area contributed by atoms with E-state index >= 15 is 0 Å². The average Bonchev–Trinajstić information content (AvgIpc) is 2.40. The molecule has 6 heteroatoms. The summed E-state index contributed by atoms with van der Waals surface area (Å²) in [6.45, 7) is 1.39. The smallest absolute Gasteiger partial charge is 0.175 e. The summed E-state index contributed by atoms with van der Waals surface area (Å²) in [7, 11) is 1.33. The van der Waals surface area contributed by atoms with E-state index in [1.165, 1.54) is 38.3 Å². The molecule has 2 aromatic rings. The lowest BCUT2D eigenvalue weighted by molar-refractivity contribution is 0.0836. The number of hydrogen-bond donors (Lipinski definition) is 1. The third-order valence-electron chi connectivity index (χ3n) is 3.52. The van der Waals surface area contributed by atoms with Crippen LogP contribution in [0.5, 0.6) is 17.2 Å². The van der Waals surface area contributed by atoms with Gasteiger partial charge in [0.25, 0.3) is 0 Å². The molecule has 0 saturated heterocycles. The minimum absolute atomic E-state index is 0.0171. The number of methoxy groups -OCH3 is 1. The van der Waals surface area contributed by atoms with Crippen LogP contribution < -0.4 is 9.47 Å². The molecule has 3 nitrogen and oxygen atoms in total. The van der Waals surface area contributed by atoms with Crippen molar-refractivity contribution >= 4 is 15.9 Å². The van der Waals surface area contributed by atoms with Crippen LogP contribution in [0.2, 0.25) is 0 Å². The molecule has 21 heavy (non-hydrogen) atoms. The fraction of sp³-hybridized carbons (Fsp3) is 0.200. The van der Waals surface area contributed by atoms with Crippen LogP contribution in [0.25, 0.3) is 0 Å². The molecule has 0 aromatic heterocycles. The predicted molar refractivity (Wildman–Crippen MR) is 75.8 cm³/mol. The summed E-state index contributed by atoms with van der Waals surface area (Å²) in [5.41, 5.74) is -1.67. The minimum Gasteiger partial charge on any atom is -0.494 e. The Morgan fingerprint density at radius 1 is 1.29 bits per heavy atom. The topological polar surface area (TPSA) is 38.7 Å². The Bertz CT molecular complexity index is 744. The maximum Gasteiger partial charge on any atom is 0.175 e. The van der Waals surface area contributed by atoms with Gasteiger partial charge in [-0.25, -0.2) is 8.78 Å². The van der Waals surface area contributed by atoms with E-state index in [-0.39, 0.29) is 28.4 Å². The maximum atomic E-state index is 14.5. The van der Waals surface area contributed by atoms with Gasteiger partial charge in [-0.2, -0.15) is 0 Å². The fourth-order valence-electron chi connectivity index (χ4n) is 2.51. The molecule has 0 amide bonds. The summed E-state index contributed by atoms with van der Waals surface area (Å²) in [5.74, 6) is -1.43. The van der Waals surface area contributed by atoms with Crippen LogP contribution in [0.3, 0.4) is 0 Å². The summed E-state index contributed by atoms with van der Waals surface area (Å²) < 4.78 is 39.3. The van der Waals surface area contributed by atoms with Crippen LogP contribution in [0.1, 0.15) is 18.1 Å². The quantitative estimate of drug-likeness (QED) is 0.835. The molecule has 0 spiro atoms. The largest absolute Gasteiger partial charge is 0.494 e. The standard InChI is InChI=1S/C15H11BrF2O3/c1-15(19)8-5-7(16)6-9(17)14(8)21-10-3-4-11(20-2)13(18)12(10)15/h3-6,19H,1-2H3. The lowest BCUT2D eigenvalue weighted by Crippen LogP contribution is -2.29. The van der Waals surface area contributed by atoms with Crippen LogP contribution in [0.4, 0.5) is 8.78 Å². The number of benzene rings is 2. The molecule has 0 saturated carbocycles. The number of aliphatic hydroxyl groups is 1. The Labute approximate surface area is 128 Å². The molecule has 1 N–H and O–H groups in total. The van der Waals surface area contributed by atoms with E-state index in [0.29, 0.717) is 4.47 Å². The monoisotopic (exact) mass is 356 g/mol. The second kappa shape index (κ2) is 4.68. The Hall–Kier alpha value is -1.66. The molecular formula is C15H11BrF2O3. The van der Waals surface area contributed by atoms with Crippen molar-refractivity contribution in [3.63, 3.8) is 0 Å². The zero-order valence-corrected chi connectivity index (χ0v) is 12.8. The van der Waals surface area contributed by atoms with Gasteiger partial charge < -0.3 is 14.6 Å². The Morgan fingerprint density at radius 2 is 2.00 bits per heavy atom. The third-order valence-corrected chi connectivity index (χ3v) is 3.98. The van der Waals surface area contributed by atoms with Crippen molar-refractivity contribution in [1.29, 1.82) is 0 Å². The molecule has 1 unspecified atom stereocenters. The summed E-state index contributed by atoms with van der Waals surface area (Å²) in [6, 6.07) is 5.53. The first-order chi connectivity index (χ1) is 9.86. The highest BCUT2D eigenvalue weighted by atomic mass is 79.9. The van der Waals surface area contributed by atoms with E-state index in [1.54, 1.807) is 0 Å². The van der Waals surface area contributed by atoms with E-state index in [2.05, 4.69) is 15.9 Å². The van der Waals surface area contributed by atoms with Crippen molar-refractivity contribution in [2.45, 2.75) is 12.5 Å². The minimum atomic E-state index is -1.74. The van der Waals surface area contributed by atoms with Crippen molar-refractivity contribution in [3.05, 3.63) is 51.5 Å². The molecule has 110 valence electrons. The second-order valence-corrected chi connectivity index (χ2v) is 5.81. The van der Waals surface area contributed by atoms with Crippen LogP contribution in [-0.4, -0.2) is 12.2 Å². The molecule has 1 aliphatic heterocycles. The van der Waals surface area contributed by atoms with E-state index in [9.17, 15) is 13.9 Å². The number of hydrogen-bond acceptors (Lipinski definition) is 3. The average molecular weight is 357 g/mol. The molecule has 2 aromatic carbocycles. The molecule has 0 fully saturated rings. The second-order valence-electron chi connectivity index (χ2n) is 4.89. The van der Waals surface area contributed by atoms with Crippen molar-refractivity contribution in [2.75, 3.05) is 7.11 Å². The number of fused-ring (bicyclic) bond motifs is 2. The highest BCUT2D eigenvalue weighted by Gasteiger charge is 2.41. The molecule has 3 rings (SSSR count). The predicted octanol–water partition coefficient (Wildman–Crippen LogP) is 4.10. The Balaban J connectivity index is 2.32. The molecule has 1 atom stereocenters. The summed E-state index contributed by atoms with van der Waals surface area (Å²) >= 11 is 3.15. The lowest BCUT2D eigenvalue weighted by atomic mass is 9.84. The van der Waals surface area contributed by atoms with Gasteiger partial charge in [-0.3, -0.25) is 0 Å². The van der Waals surface area contributed by atoms with Crippen LogP contribution >= 0.6 is 15.9 Å². The third kappa shape index (κ3) is 2.01. The molecule has 1 heterocycles. The first-order valence-corrected chi connectivity index (χ1v) is 6.92. The van der Waals surface area contributed by atoms with Crippen molar-refractivity contribution in [3.8, 4) is 17.2 Å². The van der Waals surface area contributed by atoms with Gasteiger partial charge in [0.15, 0.2) is 23.1 Å². The molecule has 0 bridgehead atoms. The highest BCUT2D eigenvalue weighted by Crippen LogP contribution is 2.50. The van der Waals surface area contributed by atoms with Gasteiger partial charge in [0.2, 0.25) is 0 Å². The van der Waals surface area contributed by atoms with Crippen molar-refractivity contribution in [2.24, 2.45) is 0 Å². The van der Waals surface area contributed by atoms with E-state index in [1.807, 2.05) is 0 Å². The van der Waals surface area contributed by atoms with Gasteiger partial charge in [0.1, 0.15) is 11.4 Å². The summed E-state index contributed by atoms with van der Waals surface area (Å²) in [6.07, 6.45) is 0. The SMILES string of the molecule is COc1ccc2c(c1F)C(C)(O)c1cc(Br)cc(F)c1O2. The molecule has 0 aliphatic carbocycles. The van der Waals surface area contributed by atoms with Gasteiger partial charge in [-0.1, -0.05) is 15.9 Å². The van der Waals surface area contributed by atoms with Gasteiger partial charge in [-0.15, -0.1) is 0 Å². The number of rotatable bonds is 1. The highest BCUT2D eigenvalue weighted by molar-refractivity contribution is 9.10. The van der Waals surface area contributed by atoms with E-state index in [0.717, 1.165) is 0 Å². The van der Waals surface area contributed by atoms with Gasteiger partial charge in [0, 0.05) is 10.0 Å². The fourth-order valence-corrected chi connectivity index (χ4v) is 2.94. The Kier molecular flexibility index (Phi) is 3.18. The maximum absolute atomic E-state index is 14.5. The van der Waals surface area contributed by atoms with E-state index < -0.39 is 17.2 Å². The number of ether oxygens (including phenoxy) is 2. The van der Waals surface area contributed by atoms with Gasteiger partial charge in [-0.05, 0) is 31.2 Å². The van der Waals surface area contributed by atoms with Crippen molar-refractivity contribution < 1.29 is 23.4 Å². The zero-order valence-electron chi connectivity index (χ0n) is 11.2. The van der Waals surface area contributed by atoms with Crippen LogP contribution in [0, 0.1) is 11.6 Å². The van der Waals surface area contributed by atoms with Crippen molar-refractivity contribution in [1.82, 2.24) is 0 Å². The normalized spacial score (nSPS) is 19.5. The van der Waals surface area contributed by atoms with Crippen LogP contribution in [0.15, 0.2) is 28.7 Å². The zero-order chi connectivity index (χ0) is 15.4. The molecule has 1 aliphatic rings. The first kappa shape index (κ1) is 14.3. The number of halogens is 3. The van der Waals surface area contributed by atoms with Gasteiger partial charge in [0.05, 0.1) is 12.7 Å². The summed E-state index contributed by atoms with van der Waals surface area (Å²) in [4.78, 5) is 0. The molecular weight excluding hydrogens is 346 g/mol. The Morgan fingerprint density at radius 3 is 2.67 bits per heavy atom. The summed E-state index contributed by atoms with van der Waals surface area (Å²) in [5, 5.41) is 10.8. The van der Waals surface area contributed by atoms with Crippen LogP contribution in [-0.2, 0) is 5.60 Å². The lowest BCUT2D eigenvalue weighted by Gasteiger charge is -2.33.